The molecule has 4 heteroatoms. The fourth-order valence-electron chi connectivity index (χ4n) is 2.09. The van der Waals surface area contributed by atoms with Crippen molar-refractivity contribution in [2.45, 2.75) is 6.92 Å². The molecule has 0 aliphatic carbocycles. The topological polar surface area (TPSA) is 30.3 Å². The van der Waals surface area contributed by atoms with Crippen LogP contribution in [0, 0.1) is 18.3 Å². The van der Waals surface area contributed by atoms with Gasteiger partial charge >= 0.3 is 0 Å². The lowest BCUT2D eigenvalue weighted by atomic mass is 10.2. The van der Waals surface area contributed by atoms with Crippen LogP contribution in [-0.4, -0.2) is 37.6 Å². The lowest BCUT2D eigenvalue weighted by Gasteiger charge is -2.35. The summed E-state index contributed by atoms with van der Waals surface area (Å²) in [5.74, 6) is 0. The molecule has 1 aromatic rings. The highest BCUT2D eigenvalue weighted by atomic mass is 79.9. The van der Waals surface area contributed by atoms with Crippen molar-refractivity contribution < 1.29 is 0 Å². The van der Waals surface area contributed by atoms with Crippen LogP contribution in [0.5, 0.6) is 0 Å². The lowest BCUT2D eigenvalue weighted by Crippen LogP contribution is -2.46. The van der Waals surface area contributed by atoms with Crippen LogP contribution in [0.25, 0.3) is 0 Å². The smallest absolute Gasteiger partial charge is 0.0867 e. The third-order valence-corrected chi connectivity index (χ3v) is 4.06. The molecular weight excluding hydrogens is 278 g/mol. The van der Waals surface area contributed by atoms with Gasteiger partial charge in [0.25, 0.3) is 0 Å². The Morgan fingerprint density at radius 1 is 1.29 bits per heavy atom. The van der Waals surface area contributed by atoms with E-state index >= 15 is 0 Å². The van der Waals surface area contributed by atoms with Crippen LogP contribution in [0.4, 0.5) is 5.69 Å². The molecule has 1 fully saturated rings. The second-order valence-electron chi connectivity index (χ2n) is 4.35. The van der Waals surface area contributed by atoms with Gasteiger partial charge in [0.15, 0.2) is 0 Å². The number of hydrogen-bond acceptors (Lipinski definition) is 3. The summed E-state index contributed by atoms with van der Waals surface area (Å²) in [5.41, 5.74) is 2.55. The summed E-state index contributed by atoms with van der Waals surface area (Å²) in [6, 6.07) is 8.68. The van der Waals surface area contributed by atoms with E-state index in [9.17, 15) is 0 Å². The van der Waals surface area contributed by atoms with Crippen molar-refractivity contribution in [3.8, 4) is 6.07 Å². The SMILES string of the molecule is Cc1cc(N2CCN(CC#N)CC2)ccc1Br. The first kappa shape index (κ1) is 12.4. The quantitative estimate of drug-likeness (QED) is 0.785. The van der Waals surface area contributed by atoms with E-state index in [0.29, 0.717) is 6.54 Å². The standard InChI is InChI=1S/C13H16BrN3/c1-11-10-12(2-3-13(11)14)17-8-6-16(5-4-15)7-9-17/h2-3,10H,5-9H2,1H3. The highest BCUT2D eigenvalue weighted by Gasteiger charge is 2.16. The van der Waals surface area contributed by atoms with E-state index in [2.05, 4.69) is 56.9 Å². The minimum absolute atomic E-state index is 0.549. The van der Waals surface area contributed by atoms with Gasteiger partial charge in [-0.05, 0) is 30.7 Å². The highest BCUT2D eigenvalue weighted by Crippen LogP contribution is 2.23. The summed E-state index contributed by atoms with van der Waals surface area (Å²) in [7, 11) is 0. The first-order chi connectivity index (χ1) is 8.20. The second kappa shape index (κ2) is 5.52. The highest BCUT2D eigenvalue weighted by molar-refractivity contribution is 9.10. The largest absolute Gasteiger partial charge is 0.369 e. The number of rotatable bonds is 2. The molecule has 0 radical (unpaired) electrons. The van der Waals surface area contributed by atoms with E-state index in [0.717, 1.165) is 30.7 Å². The first-order valence-corrected chi connectivity index (χ1v) is 6.60. The fraction of sp³-hybridized carbons (Fsp3) is 0.462. The van der Waals surface area contributed by atoms with Crippen molar-refractivity contribution in [2.75, 3.05) is 37.6 Å². The lowest BCUT2D eigenvalue weighted by molar-refractivity contribution is 0.287. The van der Waals surface area contributed by atoms with Crippen LogP contribution in [0.15, 0.2) is 22.7 Å². The Balaban J connectivity index is 2.01. The normalized spacial score (nSPS) is 16.9. The van der Waals surface area contributed by atoms with Gasteiger partial charge in [0.2, 0.25) is 0 Å². The molecule has 0 atom stereocenters. The van der Waals surface area contributed by atoms with Gasteiger partial charge in [0.1, 0.15) is 0 Å². The molecule has 0 N–H and O–H groups in total. The first-order valence-electron chi connectivity index (χ1n) is 5.81. The molecule has 0 bridgehead atoms. The summed E-state index contributed by atoms with van der Waals surface area (Å²) in [6.07, 6.45) is 0. The molecular formula is C13H16BrN3. The summed E-state index contributed by atoms with van der Waals surface area (Å²) in [4.78, 5) is 4.58. The maximum atomic E-state index is 8.66. The van der Waals surface area contributed by atoms with Crippen molar-refractivity contribution in [1.29, 1.82) is 5.26 Å². The predicted molar refractivity (Wildman–Crippen MR) is 73.1 cm³/mol. The molecule has 17 heavy (non-hydrogen) atoms. The third-order valence-electron chi connectivity index (χ3n) is 3.17. The Bertz CT molecular complexity index is 431. The van der Waals surface area contributed by atoms with Gasteiger partial charge in [-0.25, -0.2) is 0 Å². The molecule has 0 amide bonds. The molecule has 90 valence electrons. The molecule has 1 saturated heterocycles. The molecule has 2 rings (SSSR count). The Kier molecular flexibility index (Phi) is 4.03. The van der Waals surface area contributed by atoms with Gasteiger partial charge < -0.3 is 4.90 Å². The predicted octanol–water partition coefficient (Wildman–Crippen LogP) is 2.40. The van der Waals surface area contributed by atoms with Crippen LogP contribution in [-0.2, 0) is 0 Å². The van der Waals surface area contributed by atoms with E-state index in [1.807, 2.05) is 0 Å². The van der Waals surface area contributed by atoms with Crippen molar-refractivity contribution in [3.63, 3.8) is 0 Å². The van der Waals surface area contributed by atoms with E-state index in [-0.39, 0.29) is 0 Å². The number of nitriles is 1. The Morgan fingerprint density at radius 3 is 2.59 bits per heavy atom. The van der Waals surface area contributed by atoms with Gasteiger partial charge in [-0.2, -0.15) is 5.26 Å². The Labute approximate surface area is 111 Å². The number of nitrogens with zero attached hydrogens (tertiary/aromatic N) is 3. The third kappa shape index (κ3) is 2.99. The maximum absolute atomic E-state index is 8.66. The van der Waals surface area contributed by atoms with Crippen LogP contribution in [0.1, 0.15) is 5.56 Å². The van der Waals surface area contributed by atoms with E-state index < -0.39 is 0 Å². The number of anilines is 1. The molecule has 0 saturated carbocycles. The van der Waals surface area contributed by atoms with Crippen molar-refractivity contribution in [1.82, 2.24) is 4.90 Å². The van der Waals surface area contributed by atoms with Crippen LogP contribution >= 0.6 is 15.9 Å². The minimum atomic E-state index is 0.549. The zero-order chi connectivity index (χ0) is 12.3. The number of benzene rings is 1. The average molecular weight is 294 g/mol. The average Bonchev–Trinajstić information content (AvgIpc) is 2.34. The van der Waals surface area contributed by atoms with Crippen molar-refractivity contribution in [3.05, 3.63) is 28.2 Å². The molecule has 1 heterocycles. The van der Waals surface area contributed by atoms with Crippen molar-refractivity contribution >= 4 is 21.6 Å². The van der Waals surface area contributed by atoms with Gasteiger partial charge in [-0.1, -0.05) is 15.9 Å². The van der Waals surface area contributed by atoms with Crippen LogP contribution in [0.3, 0.4) is 0 Å². The van der Waals surface area contributed by atoms with Gasteiger partial charge in [0.05, 0.1) is 12.6 Å². The van der Waals surface area contributed by atoms with Gasteiger partial charge in [-0.3, -0.25) is 4.90 Å². The number of halogens is 1. The maximum Gasteiger partial charge on any atom is 0.0867 e. The number of aryl methyl sites for hydroxylation is 1. The summed E-state index contributed by atoms with van der Waals surface area (Å²) >= 11 is 3.52. The number of hydrogen-bond donors (Lipinski definition) is 0. The molecule has 0 unspecified atom stereocenters. The molecule has 0 aromatic heterocycles. The molecule has 0 spiro atoms. The van der Waals surface area contributed by atoms with Gasteiger partial charge in [0, 0.05) is 36.3 Å². The summed E-state index contributed by atoms with van der Waals surface area (Å²) in [5, 5.41) is 8.66. The fourth-order valence-corrected chi connectivity index (χ4v) is 2.34. The van der Waals surface area contributed by atoms with Crippen LogP contribution < -0.4 is 4.90 Å². The molecule has 1 aliphatic rings. The van der Waals surface area contributed by atoms with E-state index in [4.69, 9.17) is 5.26 Å². The Hall–Kier alpha value is -1.05. The molecule has 3 nitrogen and oxygen atoms in total. The summed E-state index contributed by atoms with van der Waals surface area (Å²) in [6.45, 7) is 6.61. The van der Waals surface area contributed by atoms with E-state index in [1.54, 1.807) is 0 Å². The monoisotopic (exact) mass is 293 g/mol. The van der Waals surface area contributed by atoms with Crippen molar-refractivity contribution in [2.24, 2.45) is 0 Å². The zero-order valence-electron chi connectivity index (χ0n) is 9.99. The van der Waals surface area contributed by atoms with Crippen LogP contribution in [0.2, 0.25) is 0 Å². The molecule has 1 aromatic carbocycles. The van der Waals surface area contributed by atoms with Gasteiger partial charge in [-0.15, -0.1) is 0 Å². The molecule has 1 aliphatic heterocycles. The van der Waals surface area contributed by atoms with E-state index in [1.165, 1.54) is 11.3 Å². The second-order valence-corrected chi connectivity index (χ2v) is 5.21. The summed E-state index contributed by atoms with van der Waals surface area (Å²) < 4.78 is 1.16. The Morgan fingerprint density at radius 2 is 2.00 bits per heavy atom. The zero-order valence-corrected chi connectivity index (χ0v) is 11.6. The number of piperazine rings is 1. The minimum Gasteiger partial charge on any atom is -0.369 e.